The summed E-state index contributed by atoms with van der Waals surface area (Å²) in [5.74, 6) is 1.35. The molecule has 1 fully saturated rings. The largest absolute Gasteiger partial charge is 0.495 e. The topological polar surface area (TPSA) is 54.3 Å². The van der Waals surface area contributed by atoms with E-state index in [4.69, 9.17) is 14.7 Å². The van der Waals surface area contributed by atoms with Gasteiger partial charge in [0.15, 0.2) is 0 Å². The molecular weight excluding hydrogens is 240 g/mol. The summed E-state index contributed by atoms with van der Waals surface area (Å²) < 4.78 is 11.2. The summed E-state index contributed by atoms with van der Waals surface area (Å²) in [4.78, 5) is 0. The molecule has 0 bridgehead atoms. The van der Waals surface area contributed by atoms with Crippen LogP contribution in [0.5, 0.6) is 11.5 Å². The standard InChI is InChI=1S/C15H20N2O2/c1-17-12-4-7-13(8-5-12)19-14-6-3-11(10-16)15(9-14)18-2/h3,6,9,12-13,17H,4-5,7-8H2,1-2H3. The molecule has 0 heterocycles. The fraction of sp³-hybridized carbons (Fsp3) is 0.533. The molecule has 0 unspecified atom stereocenters. The van der Waals surface area contributed by atoms with Crippen molar-refractivity contribution in [3.8, 4) is 17.6 Å². The third-order valence-electron chi connectivity index (χ3n) is 3.68. The monoisotopic (exact) mass is 260 g/mol. The van der Waals surface area contributed by atoms with E-state index in [2.05, 4.69) is 11.4 Å². The summed E-state index contributed by atoms with van der Waals surface area (Å²) in [5.41, 5.74) is 0.536. The van der Waals surface area contributed by atoms with Gasteiger partial charge in [-0.3, -0.25) is 0 Å². The molecule has 0 aromatic heterocycles. The van der Waals surface area contributed by atoms with E-state index in [1.165, 1.54) is 0 Å². The van der Waals surface area contributed by atoms with Gasteiger partial charge in [-0.05, 0) is 44.9 Å². The van der Waals surface area contributed by atoms with Gasteiger partial charge in [0.25, 0.3) is 0 Å². The molecule has 1 aliphatic carbocycles. The first-order valence-electron chi connectivity index (χ1n) is 6.69. The number of benzene rings is 1. The van der Waals surface area contributed by atoms with E-state index in [-0.39, 0.29) is 6.10 Å². The lowest BCUT2D eigenvalue weighted by atomic mass is 9.93. The van der Waals surface area contributed by atoms with E-state index in [1.54, 1.807) is 19.2 Å². The first-order chi connectivity index (χ1) is 9.26. The zero-order chi connectivity index (χ0) is 13.7. The summed E-state index contributed by atoms with van der Waals surface area (Å²) in [6.45, 7) is 0. The van der Waals surface area contributed by atoms with Crippen molar-refractivity contribution in [1.82, 2.24) is 5.32 Å². The van der Waals surface area contributed by atoms with Crippen molar-refractivity contribution in [2.75, 3.05) is 14.2 Å². The molecule has 0 spiro atoms. The molecule has 1 aromatic carbocycles. The molecule has 4 heteroatoms. The SMILES string of the molecule is CNC1CCC(Oc2ccc(C#N)c(OC)c2)CC1. The van der Waals surface area contributed by atoms with E-state index < -0.39 is 0 Å². The Morgan fingerprint density at radius 1 is 1.26 bits per heavy atom. The molecule has 0 aliphatic heterocycles. The molecule has 0 saturated heterocycles. The average Bonchev–Trinajstić information content (AvgIpc) is 2.48. The minimum atomic E-state index is 0.266. The number of nitrogens with one attached hydrogen (secondary N) is 1. The molecule has 2 rings (SSSR count). The van der Waals surface area contributed by atoms with Crippen LogP contribution in [0.25, 0.3) is 0 Å². The lowest BCUT2D eigenvalue weighted by Gasteiger charge is -2.28. The van der Waals surface area contributed by atoms with Crippen LogP contribution in [-0.4, -0.2) is 26.3 Å². The van der Waals surface area contributed by atoms with Crippen LogP contribution in [0, 0.1) is 11.3 Å². The van der Waals surface area contributed by atoms with Crippen molar-refractivity contribution in [3.63, 3.8) is 0 Å². The number of methoxy groups -OCH3 is 1. The molecule has 19 heavy (non-hydrogen) atoms. The Morgan fingerprint density at radius 3 is 2.58 bits per heavy atom. The van der Waals surface area contributed by atoms with Crippen LogP contribution in [-0.2, 0) is 0 Å². The van der Waals surface area contributed by atoms with Gasteiger partial charge in [0.05, 0.1) is 18.8 Å². The van der Waals surface area contributed by atoms with Crippen LogP contribution >= 0.6 is 0 Å². The van der Waals surface area contributed by atoms with Gasteiger partial charge in [-0.2, -0.15) is 5.26 Å². The summed E-state index contributed by atoms with van der Waals surface area (Å²) in [6, 6.07) is 8.10. The average molecular weight is 260 g/mol. The van der Waals surface area contributed by atoms with Crippen molar-refractivity contribution in [3.05, 3.63) is 23.8 Å². The second-order valence-corrected chi connectivity index (χ2v) is 4.85. The summed E-state index contributed by atoms with van der Waals surface area (Å²) in [5, 5.41) is 12.3. The number of hydrogen-bond donors (Lipinski definition) is 1. The highest BCUT2D eigenvalue weighted by molar-refractivity contribution is 5.47. The quantitative estimate of drug-likeness (QED) is 0.903. The van der Waals surface area contributed by atoms with Crippen LogP contribution in [0.1, 0.15) is 31.2 Å². The molecule has 0 atom stereocenters. The van der Waals surface area contributed by atoms with Crippen molar-refractivity contribution in [1.29, 1.82) is 5.26 Å². The van der Waals surface area contributed by atoms with Crippen molar-refractivity contribution < 1.29 is 9.47 Å². The van der Waals surface area contributed by atoms with E-state index in [1.807, 2.05) is 13.1 Å². The van der Waals surface area contributed by atoms with E-state index in [9.17, 15) is 0 Å². The maximum atomic E-state index is 8.94. The smallest absolute Gasteiger partial charge is 0.140 e. The number of nitrogens with zero attached hydrogens (tertiary/aromatic N) is 1. The van der Waals surface area contributed by atoms with Crippen molar-refractivity contribution >= 4 is 0 Å². The van der Waals surface area contributed by atoms with Crippen LogP contribution in [0.15, 0.2) is 18.2 Å². The highest BCUT2D eigenvalue weighted by Gasteiger charge is 2.21. The molecule has 1 saturated carbocycles. The number of rotatable bonds is 4. The first kappa shape index (κ1) is 13.7. The fourth-order valence-electron chi connectivity index (χ4n) is 2.50. The van der Waals surface area contributed by atoms with Gasteiger partial charge in [0.1, 0.15) is 17.6 Å². The minimum Gasteiger partial charge on any atom is -0.495 e. The molecule has 1 N–H and O–H groups in total. The van der Waals surface area contributed by atoms with E-state index in [0.717, 1.165) is 31.4 Å². The number of nitriles is 1. The maximum absolute atomic E-state index is 8.94. The molecule has 0 amide bonds. The molecule has 1 aliphatic rings. The minimum absolute atomic E-state index is 0.266. The zero-order valence-corrected chi connectivity index (χ0v) is 11.5. The molecule has 0 radical (unpaired) electrons. The lowest BCUT2D eigenvalue weighted by molar-refractivity contribution is 0.141. The van der Waals surface area contributed by atoms with Gasteiger partial charge in [-0.15, -0.1) is 0 Å². The molecule has 4 nitrogen and oxygen atoms in total. The Kier molecular flexibility index (Phi) is 4.64. The van der Waals surface area contributed by atoms with E-state index >= 15 is 0 Å². The summed E-state index contributed by atoms with van der Waals surface area (Å²) in [6.07, 6.45) is 4.69. The van der Waals surface area contributed by atoms with Gasteiger partial charge in [0, 0.05) is 12.1 Å². The van der Waals surface area contributed by atoms with Gasteiger partial charge in [-0.25, -0.2) is 0 Å². The first-order valence-corrected chi connectivity index (χ1v) is 6.69. The molecule has 1 aromatic rings. The zero-order valence-electron chi connectivity index (χ0n) is 11.5. The highest BCUT2D eigenvalue weighted by Crippen LogP contribution is 2.28. The maximum Gasteiger partial charge on any atom is 0.140 e. The Hall–Kier alpha value is -1.73. The Bertz CT molecular complexity index is 460. The van der Waals surface area contributed by atoms with Crippen LogP contribution < -0.4 is 14.8 Å². The van der Waals surface area contributed by atoms with Gasteiger partial charge >= 0.3 is 0 Å². The third kappa shape index (κ3) is 3.39. The number of ether oxygens (including phenoxy) is 2. The van der Waals surface area contributed by atoms with Crippen molar-refractivity contribution in [2.24, 2.45) is 0 Å². The predicted octanol–water partition coefficient (Wildman–Crippen LogP) is 2.48. The Balaban J connectivity index is 1.98. The van der Waals surface area contributed by atoms with Gasteiger partial charge in [-0.1, -0.05) is 0 Å². The number of hydrogen-bond acceptors (Lipinski definition) is 4. The van der Waals surface area contributed by atoms with Crippen molar-refractivity contribution in [2.45, 2.75) is 37.8 Å². The van der Waals surface area contributed by atoms with Crippen LogP contribution in [0.2, 0.25) is 0 Å². The summed E-state index contributed by atoms with van der Waals surface area (Å²) >= 11 is 0. The second-order valence-electron chi connectivity index (χ2n) is 4.85. The lowest BCUT2D eigenvalue weighted by Crippen LogP contribution is -2.34. The van der Waals surface area contributed by atoms with Crippen LogP contribution in [0.3, 0.4) is 0 Å². The van der Waals surface area contributed by atoms with Crippen LogP contribution in [0.4, 0.5) is 0 Å². The fourth-order valence-corrected chi connectivity index (χ4v) is 2.50. The third-order valence-corrected chi connectivity index (χ3v) is 3.68. The summed E-state index contributed by atoms with van der Waals surface area (Å²) in [7, 11) is 3.58. The van der Waals surface area contributed by atoms with Gasteiger partial charge < -0.3 is 14.8 Å². The highest BCUT2D eigenvalue weighted by atomic mass is 16.5. The normalized spacial score (nSPS) is 22.6. The van der Waals surface area contributed by atoms with E-state index in [0.29, 0.717) is 17.4 Å². The molecule has 102 valence electrons. The predicted molar refractivity (Wildman–Crippen MR) is 73.4 cm³/mol. The second kappa shape index (κ2) is 6.44. The van der Waals surface area contributed by atoms with Gasteiger partial charge in [0.2, 0.25) is 0 Å². The molecular formula is C15H20N2O2. The Morgan fingerprint density at radius 2 is 2.00 bits per heavy atom. The Labute approximate surface area is 114 Å².